The van der Waals surface area contributed by atoms with Crippen molar-refractivity contribution in [2.45, 2.75) is 45.1 Å². The molecule has 1 aromatic carbocycles. The second kappa shape index (κ2) is 6.67. The van der Waals surface area contributed by atoms with Crippen LogP contribution in [0.15, 0.2) is 22.7 Å². The molecule has 0 radical (unpaired) electrons. The predicted octanol–water partition coefficient (Wildman–Crippen LogP) is 4.30. The van der Waals surface area contributed by atoms with E-state index < -0.39 is 0 Å². The van der Waals surface area contributed by atoms with Crippen molar-refractivity contribution >= 4 is 15.9 Å². The van der Waals surface area contributed by atoms with Crippen molar-refractivity contribution in [3.8, 4) is 0 Å². The van der Waals surface area contributed by atoms with Gasteiger partial charge < -0.3 is 5.32 Å². The summed E-state index contributed by atoms with van der Waals surface area (Å²) in [4.78, 5) is 0. The maximum Gasteiger partial charge on any atom is 0.137 e. The van der Waals surface area contributed by atoms with E-state index in [4.69, 9.17) is 0 Å². The van der Waals surface area contributed by atoms with Crippen molar-refractivity contribution in [1.82, 2.24) is 5.32 Å². The Balaban J connectivity index is 2.01. The van der Waals surface area contributed by atoms with Crippen LogP contribution in [0.5, 0.6) is 0 Å². The van der Waals surface area contributed by atoms with Crippen LogP contribution >= 0.6 is 15.9 Å². The Bertz CT molecular complexity index is 394. The van der Waals surface area contributed by atoms with Gasteiger partial charge in [-0.2, -0.15) is 0 Å². The van der Waals surface area contributed by atoms with Gasteiger partial charge in [0.1, 0.15) is 5.82 Å². The molecule has 1 nitrogen and oxygen atoms in total. The molecule has 1 aliphatic rings. The van der Waals surface area contributed by atoms with E-state index in [0.717, 1.165) is 18.5 Å². The van der Waals surface area contributed by atoms with Gasteiger partial charge in [0.25, 0.3) is 0 Å². The van der Waals surface area contributed by atoms with Gasteiger partial charge in [0.05, 0.1) is 4.47 Å². The summed E-state index contributed by atoms with van der Waals surface area (Å²) >= 11 is 3.36. The number of nitrogens with one attached hydrogen (secondary N) is 1. The lowest BCUT2D eigenvalue weighted by atomic mass is 9.94. The second-order valence-electron chi connectivity index (χ2n) is 5.17. The van der Waals surface area contributed by atoms with Gasteiger partial charge >= 0.3 is 0 Å². The molecule has 0 aliphatic heterocycles. The van der Waals surface area contributed by atoms with Crippen LogP contribution in [0.1, 0.15) is 38.2 Å². The zero-order valence-corrected chi connectivity index (χ0v) is 12.5. The Morgan fingerprint density at radius 2 is 2.22 bits per heavy atom. The van der Waals surface area contributed by atoms with E-state index in [0.29, 0.717) is 16.4 Å². The highest BCUT2D eigenvalue weighted by Gasteiger charge is 2.27. The average molecular weight is 314 g/mol. The maximum absolute atomic E-state index is 13.5. The molecule has 0 bridgehead atoms. The van der Waals surface area contributed by atoms with Crippen LogP contribution in [-0.4, -0.2) is 12.6 Å². The van der Waals surface area contributed by atoms with Gasteiger partial charge in [0.2, 0.25) is 0 Å². The zero-order chi connectivity index (χ0) is 13.0. The third-order valence-electron chi connectivity index (χ3n) is 3.83. The molecule has 0 heterocycles. The second-order valence-corrected chi connectivity index (χ2v) is 5.96. The highest BCUT2D eigenvalue weighted by atomic mass is 79.9. The molecule has 0 spiro atoms. The molecule has 1 fully saturated rings. The van der Waals surface area contributed by atoms with Gasteiger partial charge in [-0.05, 0) is 65.7 Å². The number of benzene rings is 1. The largest absolute Gasteiger partial charge is 0.314 e. The summed E-state index contributed by atoms with van der Waals surface area (Å²) in [5.41, 5.74) is 1.10. The van der Waals surface area contributed by atoms with Crippen LogP contribution in [0.3, 0.4) is 0 Å². The predicted molar refractivity (Wildman–Crippen MR) is 77.2 cm³/mol. The van der Waals surface area contributed by atoms with E-state index in [1.54, 1.807) is 6.07 Å². The lowest BCUT2D eigenvalue weighted by molar-refractivity contribution is 0.398. The number of hydrogen-bond acceptors (Lipinski definition) is 1. The fourth-order valence-corrected chi connectivity index (χ4v) is 3.29. The Hall–Kier alpha value is -0.410. The molecular formula is C15H21BrFN. The van der Waals surface area contributed by atoms with Crippen molar-refractivity contribution in [2.75, 3.05) is 6.54 Å². The lowest BCUT2D eigenvalue weighted by Crippen LogP contribution is -2.33. The van der Waals surface area contributed by atoms with Crippen LogP contribution in [0, 0.1) is 11.7 Å². The quantitative estimate of drug-likeness (QED) is 0.854. The fourth-order valence-electron chi connectivity index (χ4n) is 2.87. The van der Waals surface area contributed by atoms with Crippen LogP contribution in [0.2, 0.25) is 0 Å². The van der Waals surface area contributed by atoms with E-state index in [-0.39, 0.29) is 5.82 Å². The van der Waals surface area contributed by atoms with Gasteiger partial charge in [-0.1, -0.05) is 25.5 Å². The van der Waals surface area contributed by atoms with E-state index >= 15 is 0 Å². The van der Waals surface area contributed by atoms with Crippen molar-refractivity contribution in [2.24, 2.45) is 5.92 Å². The molecule has 2 atom stereocenters. The molecule has 1 aromatic rings. The number of halogens is 2. The van der Waals surface area contributed by atoms with Gasteiger partial charge in [-0.25, -0.2) is 4.39 Å². The molecule has 100 valence electrons. The molecular weight excluding hydrogens is 293 g/mol. The standard InChI is InChI=1S/C15H21BrFN/c1-2-9-18-14-8-4-5-11(14)10-12-6-3-7-13(17)15(12)16/h3,6-7,11,14,18H,2,4-5,8-10H2,1H3. The molecule has 18 heavy (non-hydrogen) atoms. The average Bonchev–Trinajstić information content (AvgIpc) is 2.80. The minimum Gasteiger partial charge on any atom is -0.314 e. The summed E-state index contributed by atoms with van der Waals surface area (Å²) in [6.07, 6.45) is 5.95. The Morgan fingerprint density at radius 1 is 1.39 bits per heavy atom. The van der Waals surface area contributed by atoms with E-state index in [1.165, 1.54) is 31.7 Å². The molecule has 1 saturated carbocycles. The van der Waals surface area contributed by atoms with E-state index in [2.05, 4.69) is 28.2 Å². The van der Waals surface area contributed by atoms with Crippen molar-refractivity contribution in [1.29, 1.82) is 0 Å². The molecule has 2 rings (SSSR count). The minimum absolute atomic E-state index is 0.149. The van der Waals surface area contributed by atoms with Crippen LogP contribution in [0.4, 0.5) is 4.39 Å². The summed E-state index contributed by atoms with van der Waals surface area (Å²) in [7, 11) is 0. The SMILES string of the molecule is CCCNC1CCCC1Cc1cccc(F)c1Br. The summed E-state index contributed by atoms with van der Waals surface area (Å²) in [6.45, 7) is 3.28. The van der Waals surface area contributed by atoms with E-state index in [1.807, 2.05) is 6.07 Å². The van der Waals surface area contributed by atoms with Crippen LogP contribution in [-0.2, 0) is 6.42 Å². The molecule has 0 aromatic heterocycles. The van der Waals surface area contributed by atoms with Crippen LogP contribution in [0.25, 0.3) is 0 Å². The molecule has 0 amide bonds. The highest BCUT2D eigenvalue weighted by molar-refractivity contribution is 9.10. The molecule has 0 saturated heterocycles. The Labute approximate surface area is 117 Å². The monoisotopic (exact) mass is 313 g/mol. The van der Waals surface area contributed by atoms with Crippen molar-refractivity contribution in [3.63, 3.8) is 0 Å². The van der Waals surface area contributed by atoms with E-state index in [9.17, 15) is 4.39 Å². The van der Waals surface area contributed by atoms with Gasteiger partial charge in [-0.3, -0.25) is 0 Å². The normalized spacial score (nSPS) is 23.5. The van der Waals surface area contributed by atoms with Crippen molar-refractivity contribution in [3.05, 3.63) is 34.1 Å². The third-order valence-corrected chi connectivity index (χ3v) is 4.72. The molecule has 3 heteroatoms. The summed E-state index contributed by atoms with van der Waals surface area (Å²) < 4.78 is 14.1. The molecule has 1 N–H and O–H groups in total. The van der Waals surface area contributed by atoms with Gasteiger partial charge in [0.15, 0.2) is 0 Å². The number of rotatable bonds is 5. The topological polar surface area (TPSA) is 12.0 Å². The highest BCUT2D eigenvalue weighted by Crippen LogP contribution is 2.31. The first-order valence-electron chi connectivity index (χ1n) is 6.88. The Morgan fingerprint density at radius 3 is 3.00 bits per heavy atom. The first-order chi connectivity index (χ1) is 8.72. The Kier molecular flexibility index (Phi) is 5.19. The zero-order valence-electron chi connectivity index (χ0n) is 10.9. The summed E-state index contributed by atoms with van der Waals surface area (Å²) in [5, 5.41) is 3.63. The maximum atomic E-state index is 13.5. The van der Waals surface area contributed by atoms with Crippen LogP contribution < -0.4 is 5.32 Å². The minimum atomic E-state index is -0.149. The molecule has 2 unspecified atom stereocenters. The summed E-state index contributed by atoms with van der Waals surface area (Å²) in [6, 6.07) is 5.95. The fraction of sp³-hybridized carbons (Fsp3) is 0.600. The van der Waals surface area contributed by atoms with Gasteiger partial charge in [-0.15, -0.1) is 0 Å². The van der Waals surface area contributed by atoms with Gasteiger partial charge in [0, 0.05) is 6.04 Å². The number of hydrogen-bond donors (Lipinski definition) is 1. The molecule has 1 aliphatic carbocycles. The smallest absolute Gasteiger partial charge is 0.137 e. The summed E-state index contributed by atoms with van der Waals surface area (Å²) in [5.74, 6) is 0.498. The first kappa shape index (κ1) is 14.0. The first-order valence-corrected chi connectivity index (χ1v) is 7.68. The third kappa shape index (κ3) is 3.33. The van der Waals surface area contributed by atoms with Crippen molar-refractivity contribution < 1.29 is 4.39 Å². The lowest BCUT2D eigenvalue weighted by Gasteiger charge is -2.21.